The summed E-state index contributed by atoms with van der Waals surface area (Å²) in [6, 6.07) is 10.3. The number of hydrogen-bond acceptors (Lipinski definition) is 3. The minimum absolute atomic E-state index is 0.660. The molecule has 102 valence electrons. The van der Waals surface area contributed by atoms with E-state index < -0.39 is 0 Å². The van der Waals surface area contributed by atoms with E-state index in [1.54, 1.807) is 11.3 Å². The SMILES string of the molecule is Brc1ccccc1COCCNCCc1ccsc1. The third-order valence-corrected chi connectivity index (χ3v) is 4.31. The molecular formula is C15H18BrNOS. The molecule has 2 nitrogen and oxygen atoms in total. The molecule has 0 fully saturated rings. The summed E-state index contributed by atoms with van der Waals surface area (Å²) in [5.74, 6) is 0. The molecule has 0 spiro atoms. The highest BCUT2D eigenvalue weighted by Gasteiger charge is 1.98. The quantitative estimate of drug-likeness (QED) is 0.737. The number of halogens is 1. The monoisotopic (exact) mass is 339 g/mol. The van der Waals surface area contributed by atoms with Gasteiger partial charge in [0.25, 0.3) is 0 Å². The molecule has 0 amide bonds. The molecule has 0 unspecified atom stereocenters. The smallest absolute Gasteiger partial charge is 0.0728 e. The van der Waals surface area contributed by atoms with E-state index in [2.05, 4.69) is 44.1 Å². The number of ether oxygens (including phenoxy) is 1. The van der Waals surface area contributed by atoms with Gasteiger partial charge in [-0.2, -0.15) is 11.3 Å². The van der Waals surface area contributed by atoms with Crippen LogP contribution in [-0.4, -0.2) is 19.7 Å². The lowest BCUT2D eigenvalue weighted by molar-refractivity contribution is 0.122. The van der Waals surface area contributed by atoms with Crippen molar-refractivity contribution in [1.82, 2.24) is 5.32 Å². The van der Waals surface area contributed by atoms with E-state index in [0.29, 0.717) is 6.61 Å². The van der Waals surface area contributed by atoms with Gasteiger partial charge in [-0.05, 0) is 47.0 Å². The van der Waals surface area contributed by atoms with Crippen LogP contribution < -0.4 is 5.32 Å². The Bertz CT molecular complexity index is 473. The van der Waals surface area contributed by atoms with Gasteiger partial charge < -0.3 is 10.1 Å². The van der Waals surface area contributed by atoms with E-state index in [9.17, 15) is 0 Å². The molecule has 1 heterocycles. The molecule has 0 aliphatic carbocycles. The molecule has 1 aromatic carbocycles. The van der Waals surface area contributed by atoms with Crippen molar-refractivity contribution in [2.45, 2.75) is 13.0 Å². The van der Waals surface area contributed by atoms with Crippen molar-refractivity contribution in [2.24, 2.45) is 0 Å². The zero-order valence-corrected chi connectivity index (χ0v) is 13.2. The lowest BCUT2D eigenvalue weighted by atomic mass is 10.2. The first-order chi connectivity index (χ1) is 9.36. The van der Waals surface area contributed by atoms with Crippen LogP contribution in [0, 0.1) is 0 Å². The van der Waals surface area contributed by atoms with Gasteiger partial charge in [0.05, 0.1) is 13.2 Å². The fourth-order valence-electron chi connectivity index (χ4n) is 1.73. The Morgan fingerprint density at radius 2 is 2.05 bits per heavy atom. The van der Waals surface area contributed by atoms with Gasteiger partial charge in [0.15, 0.2) is 0 Å². The van der Waals surface area contributed by atoms with Crippen molar-refractivity contribution < 1.29 is 4.74 Å². The largest absolute Gasteiger partial charge is 0.375 e. The normalized spacial score (nSPS) is 10.8. The van der Waals surface area contributed by atoms with Crippen LogP contribution in [0.25, 0.3) is 0 Å². The Morgan fingerprint density at radius 1 is 1.16 bits per heavy atom. The Morgan fingerprint density at radius 3 is 2.84 bits per heavy atom. The van der Waals surface area contributed by atoms with Crippen molar-refractivity contribution in [3.63, 3.8) is 0 Å². The second kappa shape index (κ2) is 8.48. The van der Waals surface area contributed by atoms with E-state index in [1.807, 2.05) is 18.2 Å². The molecule has 0 saturated heterocycles. The summed E-state index contributed by atoms with van der Waals surface area (Å²) in [5, 5.41) is 7.71. The summed E-state index contributed by atoms with van der Waals surface area (Å²) in [5.41, 5.74) is 2.60. The van der Waals surface area contributed by atoms with E-state index in [-0.39, 0.29) is 0 Å². The molecule has 2 aromatic rings. The van der Waals surface area contributed by atoms with Crippen LogP contribution in [0.2, 0.25) is 0 Å². The van der Waals surface area contributed by atoms with Crippen LogP contribution in [0.5, 0.6) is 0 Å². The number of thiophene rings is 1. The predicted octanol–water partition coefficient (Wildman–Crippen LogP) is 3.86. The van der Waals surface area contributed by atoms with Gasteiger partial charge in [0.2, 0.25) is 0 Å². The van der Waals surface area contributed by atoms with Gasteiger partial charge in [-0.3, -0.25) is 0 Å². The minimum atomic E-state index is 0.660. The summed E-state index contributed by atoms with van der Waals surface area (Å²) in [7, 11) is 0. The van der Waals surface area contributed by atoms with Gasteiger partial charge in [0.1, 0.15) is 0 Å². The molecule has 1 N–H and O–H groups in total. The van der Waals surface area contributed by atoms with Gasteiger partial charge in [-0.15, -0.1) is 0 Å². The summed E-state index contributed by atoms with van der Waals surface area (Å²) in [4.78, 5) is 0. The molecule has 1 aromatic heterocycles. The van der Waals surface area contributed by atoms with Crippen molar-refractivity contribution in [3.8, 4) is 0 Å². The van der Waals surface area contributed by atoms with Crippen molar-refractivity contribution in [3.05, 3.63) is 56.7 Å². The highest BCUT2D eigenvalue weighted by Crippen LogP contribution is 2.16. The Kier molecular flexibility index (Phi) is 6.57. The third-order valence-electron chi connectivity index (χ3n) is 2.81. The molecule has 4 heteroatoms. The third kappa shape index (κ3) is 5.45. The fourth-order valence-corrected chi connectivity index (χ4v) is 2.84. The summed E-state index contributed by atoms with van der Waals surface area (Å²) >= 11 is 5.27. The van der Waals surface area contributed by atoms with Crippen LogP contribution >= 0.6 is 27.3 Å². The molecule has 0 saturated carbocycles. The minimum Gasteiger partial charge on any atom is -0.375 e. The Balaban J connectivity index is 1.52. The molecular weight excluding hydrogens is 322 g/mol. The second-order valence-electron chi connectivity index (χ2n) is 4.28. The van der Waals surface area contributed by atoms with E-state index >= 15 is 0 Å². The second-order valence-corrected chi connectivity index (χ2v) is 5.91. The average Bonchev–Trinajstić information content (AvgIpc) is 2.93. The molecule has 19 heavy (non-hydrogen) atoms. The van der Waals surface area contributed by atoms with Crippen molar-refractivity contribution in [2.75, 3.05) is 19.7 Å². The van der Waals surface area contributed by atoms with Crippen LogP contribution in [0.15, 0.2) is 45.6 Å². The maximum absolute atomic E-state index is 5.65. The topological polar surface area (TPSA) is 21.3 Å². The zero-order valence-electron chi connectivity index (χ0n) is 10.8. The zero-order chi connectivity index (χ0) is 13.3. The van der Waals surface area contributed by atoms with Crippen LogP contribution in [-0.2, 0) is 17.8 Å². The fraction of sp³-hybridized carbons (Fsp3) is 0.333. The highest BCUT2D eigenvalue weighted by molar-refractivity contribution is 9.10. The summed E-state index contributed by atoms with van der Waals surface area (Å²) in [6.45, 7) is 3.31. The van der Waals surface area contributed by atoms with E-state index in [1.165, 1.54) is 11.1 Å². The first kappa shape index (κ1) is 14.7. The van der Waals surface area contributed by atoms with Crippen molar-refractivity contribution in [1.29, 1.82) is 0 Å². The average molecular weight is 340 g/mol. The first-order valence-corrected chi connectivity index (χ1v) is 8.13. The number of rotatable bonds is 8. The molecule has 2 rings (SSSR count). The Labute approximate surface area is 126 Å². The van der Waals surface area contributed by atoms with Crippen LogP contribution in [0.4, 0.5) is 0 Å². The molecule has 0 atom stereocenters. The predicted molar refractivity (Wildman–Crippen MR) is 84.7 cm³/mol. The lowest BCUT2D eigenvalue weighted by Crippen LogP contribution is -2.22. The van der Waals surface area contributed by atoms with Crippen LogP contribution in [0.3, 0.4) is 0 Å². The van der Waals surface area contributed by atoms with Crippen LogP contribution in [0.1, 0.15) is 11.1 Å². The lowest BCUT2D eigenvalue weighted by Gasteiger charge is -2.07. The van der Waals surface area contributed by atoms with Crippen molar-refractivity contribution >= 4 is 27.3 Å². The number of benzene rings is 1. The molecule has 0 aliphatic rings. The maximum Gasteiger partial charge on any atom is 0.0728 e. The first-order valence-electron chi connectivity index (χ1n) is 6.39. The number of nitrogens with one attached hydrogen (secondary N) is 1. The van der Waals surface area contributed by atoms with Gasteiger partial charge >= 0.3 is 0 Å². The standard InChI is InChI=1S/C15H18BrNOS/c16-15-4-2-1-3-14(15)11-18-9-8-17-7-5-13-6-10-19-12-13/h1-4,6,10,12,17H,5,7-9,11H2. The highest BCUT2D eigenvalue weighted by atomic mass is 79.9. The summed E-state index contributed by atoms with van der Waals surface area (Å²) in [6.07, 6.45) is 1.09. The van der Waals surface area contributed by atoms with Gasteiger partial charge in [0, 0.05) is 11.0 Å². The van der Waals surface area contributed by atoms with E-state index in [4.69, 9.17) is 4.74 Å². The molecule has 0 aliphatic heterocycles. The summed E-state index contributed by atoms with van der Waals surface area (Å²) < 4.78 is 6.76. The number of hydrogen-bond donors (Lipinski definition) is 1. The molecule has 0 radical (unpaired) electrons. The van der Waals surface area contributed by atoms with Gasteiger partial charge in [-0.1, -0.05) is 34.1 Å². The van der Waals surface area contributed by atoms with Gasteiger partial charge in [-0.25, -0.2) is 0 Å². The maximum atomic E-state index is 5.65. The molecule has 0 bridgehead atoms. The Hall–Kier alpha value is -0.680. The van der Waals surface area contributed by atoms with E-state index in [0.717, 1.165) is 30.6 Å².